The van der Waals surface area contributed by atoms with Gasteiger partial charge in [0.25, 0.3) is 0 Å². The molecule has 5 heterocycles. The van der Waals surface area contributed by atoms with Crippen LogP contribution in [0.15, 0.2) is 106 Å². The summed E-state index contributed by atoms with van der Waals surface area (Å²) in [4.78, 5) is 31.3. The Balaban J connectivity index is 1.59. The van der Waals surface area contributed by atoms with E-state index in [1.807, 2.05) is 39.0 Å². The van der Waals surface area contributed by atoms with Crippen LogP contribution in [0.2, 0.25) is 0 Å². The first kappa shape index (κ1) is 28.3. The second kappa shape index (κ2) is 10.8. The van der Waals surface area contributed by atoms with Crippen LogP contribution in [-0.2, 0) is 9.74 Å². The molecule has 3 radical (unpaired) electrons. The highest BCUT2D eigenvalue weighted by molar-refractivity contribution is 7.08. The minimum atomic E-state index is -0.219. The van der Waals surface area contributed by atoms with Gasteiger partial charge in [-0.25, -0.2) is 15.0 Å². The van der Waals surface area contributed by atoms with Crippen molar-refractivity contribution >= 4 is 37.7 Å². The predicted molar refractivity (Wildman–Crippen MR) is 165 cm³/mol. The molecule has 0 saturated carbocycles. The van der Waals surface area contributed by atoms with Gasteiger partial charge in [-0.05, 0) is 85.1 Å². The zero-order valence-corrected chi connectivity index (χ0v) is 24.6. The summed E-state index contributed by atoms with van der Waals surface area (Å²) in [6.07, 6.45) is 7.91. The number of fused-ring (bicyclic) bond motifs is 5. The van der Waals surface area contributed by atoms with E-state index in [0.29, 0.717) is 42.0 Å². The topological polar surface area (TPSA) is 95.6 Å². The third kappa shape index (κ3) is 4.47. The van der Waals surface area contributed by atoms with Crippen molar-refractivity contribution in [3.63, 3.8) is 0 Å². The molecule has 5 aliphatic heterocycles. The van der Waals surface area contributed by atoms with Crippen LogP contribution < -0.4 is 5.32 Å². The molecule has 2 atom stereocenters. The van der Waals surface area contributed by atoms with Gasteiger partial charge in [0.05, 0.1) is 39.9 Å². The van der Waals surface area contributed by atoms with Gasteiger partial charge in [0.1, 0.15) is 19.5 Å². The monoisotopic (exact) mass is 561 g/mol. The highest BCUT2D eigenvalue weighted by Crippen LogP contribution is 2.46. The molecule has 0 aromatic carbocycles. The Hall–Kier alpha value is -3.78. The summed E-state index contributed by atoms with van der Waals surface area (Å²) in [5.41, 5.74) is 12.4. The molecule has 8 bridgehead atoms. The van der Waals surface area contributed by atoms with Crippen molar-refractivity contribution in [2.75, 3.05) is 6.61 Å². The SMILES string of the molecule is [B][B]C(=O)CC[C@@H]1C2=C3CC(O)=C4C3=NC(=C4C)C=C3N=C(C=C4N=C(C=C(N2)C1C)C(C)=C4COF)C(C)=C3CC. The maximum Gasteiger partial charge on any atom is 0.145 e. The maximum absolute atomic E-state index is 13.3. The normalized spacial score (nSPS) is 24.7. The quantitative estimate of drug-likeness (QED) is 0.393. The van der Waals surface area contributed by atoms with Crippen molar-refractivity contribution < 1.29 is 19.4 Å². The van der Waals surface area contributed by atoms with Crippen molar-refractivity contribution in [1.82, 2.24) is 5.32 Å². The number of carbonyl (C=O) groups is 1. The molecule has 7 nitrogen and oxygen atoms in total. The molecule has 6 aliphatic rings. The number of allylic oxidation sites excluding steroid dienone is 11. The molecule has 211 valence electrons. The second-order valence-corrected chi connectivity index (χ2v) is 11.5. The first-order valence-electron chi connectivity index (χ1n) is 14.4. The van der Waals surface area contributed by atoms with Crippen LogP contribution in [-0.4, -0.2) is 49.4 Å². The molecule has 0 amide bonds. The van der Waals surface area contributed by atoms with Gasteiger partial charge < -0.3 is 15.2 Å². The molecule has 10 heteroatoms. The van der Waals surface area contributed by atoms with Gasteiger partial charge in [0, 0.05) is 54.1 Å². The predicted octanol–water partition coefficient (Wildman–Crippen LogP) is 5.65. The van der Waals surface area contributed by atoms with Crippen LogP contribution in [0, 0.1) is 11.8 Å². The molecule has 2 N–H and O–H groups in total. The van der Waals surface area contributed by atoms with Crippen molar-refractivity contribution in [2.24, 2.45) is 26.8 Å². The van der Waals surface area contributed by atoms with E-state index in [0.717, 1.165) is 81.2 Å². The molecular weight excluding hydrogens is 529 g/mol. The highest BCUT2D eigenvalue weighted by Gasteiger charge is 2.41. The van der Waals surface area contributed by atoms with Crippen molar-refractivity contribution in [1.29, 1.82) is 0 Å². The van der Waals surface area contributed by atoms with Gasteiger partial charge in [-0.15, -0.1) is 0 Å². The lowest BCUT2D eigenvalue weighted by Crippen LogP contribution is -2.17. The van der Waals surface area contributed by atoms with E-state index in [1.165, 1.54) is 0 Å². The third-order valence-corrected chi connectivity index (χ3v) is 9.27. The molecule has 42 heavy (non-hydrogen) atoms. The Labute approximate surface area is 247 Å². The summed E-state index contributed by atoms with van der Waals surface area (Å²) in [7, 11) is 6.63. The van der Waals surface area contributed by atoms with Gasteiger partial charge in [-0.2, -0.15) is 4.94 Å². The molecule has 0 aromatic heterocycles. The molecule has 6 rings (SSSR count). The van der Waals surface area contributed by atoms with Crippen molar-refractivity contribution in [3.8, 4) is 0 Å². The third-order valence-electron chi connectivity index (χ3n) is 9.27. The number of aliphatic hydroxyl groups excluding tert-OH is 1. The summed E-state index contributed by atoms with van der Waals surface area (Å²) in [5, 5.41) is 14.8. The Morgan fingerprint density at radius 1 is 1.10 bits per heavy atom. The fourth-order valence-corrected chi connectivity index (χ4v) is 6.78. The van der Waals surface area contributed by atoms with Gasteiger partial charge in [-0.3, -0.25) is 0 Å². The van der Waals surface area contributed by atoms with Gasteiger partial charge >= 0.3 is 0 Å². The number of carbonyl (C=O) groups excluding carboxylic acids is 1. The zero-order chi connectivity index (χ0) is 29.9. The first-order valence-corrected chi connectivity index (χ1v) is 14.4. The van der Waals surface area contributed by atoms with Crippen LogP contribution in [0.4, 0.5) is 4.53 Å². The number of nitrogens with one attached hydrogen (secondary N) is 1. The largest absolute Gasteiger partial charge is 0.511 e. The standard InChI is InChI=1S/C32H32B2FN4O3/c1-6-18-14(2)23-11-27-21(13-42-35)16(4)22(37-27)10-24-15(3)19(7-8-29(41)34-33)31(38-24)20-9-28(40)30-17(5)25(39-32(20)30)12-26(18)36-23/h10-12,15,19,38,40H,6-9,13H2,1-5H3/t15?,19-/m0/s1. The lowest BCUT2D eigenvalue weighted by Gasteiger charge is -2.17. The van der Waals surface area contributed by atoms with E-state index in [2.05, 4.69) is 24.1 Å². The van der Waals surface area contributed by atoms with Crippen molar-refractivity contribution in [3.05, 3.63) is 91.5 Å². The lowest BCUT2D eigenvalue weighted by molar-refractivity contribution is -0.120. The fourth-order valence-electron chi connectivity index (χ4n) is 6.78. The van der Waals surface area contributed by atoms with Gasteiger partial charge in [0.2, 0.25) is 0 Å². The summed E-state index contributed by atoms with van der Waals surface area (Å²) in [5.74, 6) is 0.276. The number of nitrogens with zero attached hydrogens (tertiary/aromatic N) is 3. The maximum atomic E-state index is 13.3. The fraction of sp³-hybridized carbons (Fsp3) is 0.375. The van der Waals surface area contributed by atoms with E-state index in [-0.39, 0.29) is 24.1 Å². The number of rotatable bonds is 7. The summed E-state index contributed by atoms with van der Waals surface area (Å²) in [6.45, 7) is 9.93. The number of hydrogen-bond donors (Lipinski definition) is 2. The Kier molecular flexibility index (Phi) is 7.29. The number of hydrogen-bond acceptors (Lipinski definition) is 7. The average Bonchev–Trinajstić information content (AvgIpc) is 3.71. The smallest absolute Gasteiger partial charge is 0.145 e. The van der Waals surface area contributed by atoms with E-state index in [4.69, 9.17) is 22.7 Å². The molecule has 1 fully saturated rings. The molecule has 1 saturated heterocycles. The minimum Gasteiger partial charge on any atom is -0.511 e. The van der Waals surface area contributed by atoms with E-state index in [9.17, 15) is 14.4 Å². The average molecular weight is 561 g/mol. The van der Waals surface area contributed by atoms with Crippen LogP contribution in [0.25, 0.3) is 0 Å². The van der Waals surface area contributed by atoms with E-state index in [1.54, 1.807) is 0 Å². The number of halogens is 1. The Bertz CT molecular complexity index is 1680. The molecule has 0 spiro atoms. The summed E-state index contributed by atoms with van der Waals surface area (Å²) < 4.78 is 13.3. The minimum absolute atomic E-state index is 0.0136. The Morgan fingerprint density at radius 3 is 2.48 bits per heavy atom. The summed E-state index contributed by atoms with van der Waals surface area (Å²) in [6, 6.07) is 0. The number of aliphatic hydroxyl groups is 1. The molecule has 1 unspecified atom stereocenters. The first-order chi connectivity index (χ1) is 20.2. The van der Waals surface area contributed by atoms with Crippen LogP contribution >= 0.6 is 0 Å². The number of aliphatic imine (C=N–C) groups is 3. The van der Waals surface area contributed by atoms with Crippen LogP contribution in [0.1, 0.15) is 60.3 Å². The summed E-state index contributed by atoms with van der Waals surface area (Å²) >= 11 is 0. The van der Waals surface area contributed by atoms with E-state index < -0.39 is 0 Å². The second-order valence-electron chi connectivity index (χ2n) is 11.5. The Morgan fingerprint density at radius 2 is 1.79 bits per heavy atom. The van der Waals surface area contributed by atoms with Gasteiger partial charge in [0.15, 0.2) is 0 Å². The molecule has 0 aromatic rings. The van der Waals surface area contributed by atoms with Crippen LogP contribution in [0.3, 0.4) is 0 Å². The molecule has 1 aliphatic carbocycles. The van der Waals surface area contributed by atoms with Gasteiger partial charge in [-0.1, -0.05) is 13.8 Å². The van der Waals surface area contributed by atoms with Crippen LogP contribution in [0.5, 0.6) is 0 Å². The van der Waals surface area contributed by atoms with Crippen molar-refractivity contribution in [2.45, 2.75) is 60.3 Å². The molecular formula is C32H32B2FN4O3. The highest BCUT2D eigenvalue weighted by atomic mass is 19.3. The lowest BCUT2D eigenvalue weighted by atomic mass is 9.52. The zero-order valence-electron chi connectivity index (χ0n) is 24.6. The van der Waals surface area contributed by atoms with E-state index >= 15 is 0 Å².